The summed E-state index contributed by atoms with van der Waals surface area (Å²) >= 11 is 0. The largest absolute Gasteiger partial charge is 0.338 e. The van der Waals surface area contributed by atoms with Crippen LogP contribution in [0.2, 0.25) is 0 Å². The number of aryl methyl sites for hydroxylation is 1. The number of rotatable bonds is 5. The van der Waals surface area contributed by atoms with Crippen LogP contribution in [0.3, 0.4) is 0 Å². The van der Waals surface area contributed by atoms with Crippen molar-refractivity contribution in [2.24, 2.45) is 5.92 Å². The second kappa shape index (κ2) is 7.18. The van der Waals surface area contributed by atoms with Gasteiger partial charge in [0.05, 0.1) is 0 Å². The highest BCUT2D eigenvalue weighted by Gasteiger charge is 2.18. The molecule has 4 nitrogen and oxygen atoms in total. The van der Waals surface area contributed by atoms with Crippen LogP contribution in [0.15, 0.2) is 28.8 Å². The minimum Gasteiger partial charge on any atom is -0.338 e. The van der Waals surface area contributed by atoms with Gasteiger partial charge in [0.2, 0.25) is 11.7 Å². The van der Waals surface area contributed by atoms with Crippen molar-refractivity contribution in [1.29, 1.82) is 0 Å². The standard InChI is InChI=1S/C17H22N2O2S/c1-13-7-5-6-10-15(13)17-18-16(21-19-17)12-22(20)11-14-8-3-2-4-9-14/h5-7,10,14H,2-4,8-9,11-12H2,1H3/t22-/m0/s1. The molecule has 118 valence electrons. The summed E-state index contributed by atoms with van der Waals surface area (Å²) in [4.78, 5) is 4.40. The Hall–Kier alpha value is -1.49. The fraction of sp³-hybridized carbons (Fsp3) is 0.529. The molecule has 0 bridgehead atoms. The number of benzene rings is 1. The van der Waals surface area contributed by atoms with Crippen LogP contribution in [0.1, 0.15) is 43.6 Å². The normalized spacial score (nSPS) is 17.5. The third-order valence-electron chi connectivity index (χ3n) is 4.28. The van der Waals surface area contributed by atoms with Crippen LogP contribution in [0.5, 0.6) is 0 Å². The Morgan fingerprint density at radius 3 is 2.77 bits per heavy atom. The van der Waals surface area contributed by atoms with Crippen LogP contribution in [0.4, 0.5) is 0 Å². The van der Waals surface area contributed by atoms with Gasteiger partial charge in [0.25, 0.3) is 0 Å². The van der Waals surface area contributed by atoms with Gasteiger partial charge in [0.1, 0.15) is 5.75 Å². The van der Waals surface area contributed by atoms with Gasteiger partial charge < -0.3 is 4.52 Å². The molecule has 1 aliphatic carbocycles. The van der Waals surface area contributed by atoms with Crippen LogP contribution in [0, 0.1) is 12.8 Å². The fourth-order valence-corrected chi connectivity index (χ4v) is 4.43. The molecule has 0 saturated heterocycles. The van der Waals surface area contributed by atoms with Gasteiger partial charge in [-0.2, -0.15) is 4.98 Å². The molecule has 1 atom stereocenters. The van der Waals surface area contributed by atoms with Crippen molar-refractivity contribution in [2.45, 2.75) is 44.8 Å². The Balaban J connectivity index is 1.62. The van der Waals surface area contributed by atoms with E-state index in [1.165, 1.54) is 32.1 Å². The molecule has 0 amide bonds. The van der Waals surface area contributed by atoms with E-state index in [0.29, 0.717) is 23.4 Å². The maximum atomic E-state index is 12.3. The zero-order chi connectivity index (χ0) is 15.4. The number of hydrogen-bond acceptors (Lipinski definition) is 4. The second-order valence-corrected chi connectivity index (χ2v) is 7.58. The molecule has 1 fully saturated rings. The van der Waals surface area contributed by atoms with Crippen LogP contribution in [-0.4, -0.2) is 20.1 Å². The molecule has 1 heterocycles. The number of hydrogen-bond donors (Lipinski definition) is 0. The van der Waals surface area contributed by atoms with E-state index in [4.69, 9.17) is 4.52 Å². The molecule has 5 heteroatoms. The van der Waals surface area contributed by atoms with Crippen molar-refractivity contribution < 1.29 is 8.73 Å². The van der Waals surface area contributed by atoms with Crippen molar-refractivity contribution in [3.8, 4) is 11.4 Å². The van der Waals surface area contributed by atoms with E-state index in [1.807, 2.05) is 31.2 Å². The first-order valence-corrected chi connectivity index (χ1v) is 9.45. The van der Waals surface area contributed by atoms with E-state index in [0.717, 1.165) is 16.9 Å². The molecule has 0 radical (unpaired) electrons. The minimum atomic E-state index is -0.913. The summed E-state index contributed by atoms with van der Waals surface area (Å²) in [6, 6.07) is 7.94. The lowest BCUT2D eigenvalue weighted by Gasteiger charge is -2.20. The molecule has 0 aliphatic heterocycles. The maximum Gasteiger partial charge on any atom is 0.239 e. The van der Waals surface area contributed by atoms with Crippen molar-refractivity contribution in [3.63, 3.8) is 0 Å². The molecule has 0 spiro atoms. The topological polar surface area (TPSA) is 56.0 Å². The second-order valence-electron chi connectivity index (χ2n) is 6.08. The summed E-state index contributed by atoms with van der Waals surface area (Å²) in [6.45, 7) is 2.02. The quantitative estimate of drug-likeness (QED) is 0.839. The van der Waals surface area contributed by atoms with Gasteiger partial charge in [0.15, 0.2) is 0 Å². The SMILES string of the molecule is Cc1ccccc1-c1noc(C[S@@](=O)CC2CCCCC2)n1. The first-order valence-electron chi connectivity index (χ1n) is 7.96. The van der Waals surface area contributed by atoms with E-state index in [9.17, 15) is 4.21 Å². The lowest BCUT2D eigenvalue weighted by Crippen LogP contribution is -2.15. The van der Waals surface area contributed by atoms with E-state index < -0.39 is 10.8 Å². The molecular weight excluding hydrogens is 296 g/mol. The number of nitrogens with zero attached hydrogens (tertiary/aromatic N) is 2. The molecule has 1 aromatic heterocycles. The van der Waals surface area contributed by atoms with Crippen molar-refractivity contribution in [3.05, 3.63) is 35.7 Å². The third-order valence-corrected chi connectivity index (χ3v) is 5.70. The number of aromatic nitrogens is 2. The summed E-state index contributed by atoms with van der Waals surface area (Å²) in [5.74, 6) is 2.81. The first-order chi connectivity index (χ1) is 10.7. The molecular formula is C17H22N2O2S. The highest BCUT2D eigenvalue weighted by atomic mass is 32.2. The Kier molecular flexibility index (Phi) is 5.03. The molecule has 0 N–H and O–H groups in total. The summed E-state index contributed by atoms with van der Waals surface area (Å²) in [7, 11) is -0.913. The third kappa shape index (κ3) is 3.83. The molecule has 1 saturated carbocycles. The average molecular weight is 318 g/mol. The molecule has 0 unspecified atom stereocenters. The molecule has 2 aromatic rings. The Morgan fingerprint density at radius 2 is 2.00 bits per heavy atom. The predicted octanol–water partition coefficient (Wildman–Crippen LogP) is 3.87. The van der Waals surface area contributed by atoms with E-state index in [1.54, 1.807) is 0 Å². The van der Waals surface area contributed by atoms with Crippen LogP contribution in [-0.2, 0) is 16.6 Å². The maximum absolute atomic E-state index is 12.3. The molecule has 1 aromatic carbocycles. The first kappa shape index (κ1) is 15.4. The highest BCUT2D eigenvalue weighted by molar-refractivity contribution is 7.84. The average Bonchev–Trinajstić information content (AvgIpc) is 2.97. The van der Waals surface area contributed by atoms with Gasteiger partial charge in [-0.05, 0) is 31.2 Å². The highest BCUT2D eigenvalue weighted by Crippen LogP contribution is 2.25. The summed E-state index contributed by atoms with van der Waals surface area (Å²) < 4.78 is 17.6. The zero-order valence-electron chi connectivity index (χ0n) is 13.0. The fourth-order valence-electron chi connectivity index (χ4n) is 3.06. The summed E-state index contributed by atoms with van der Waals surface area (Å²) in [5.41, 5.74) is 2.08. The Labute approximate surface area is 133 Å². The molecule has 1 aliphatic rings. The molecule has 22 heavy (non-hydrogen) atoms. The van der Waals surface area contributed by atoms with Crippen molar-refractivity contribution >= 4 is 10.8 Å². The van der Waals surface area contributed by atoms with Crippen LogP contribution in [0.25, 0.3) is 11.4 Å². The summed E-state index contributed by atoms with van der Waals surface area (Å²) in [6.07, 6.45) is 6.31. The minimum absolute atomic E-state index is 0.370. The Bertz CT molecular complexity index is 648. The Morgan fingerprint density at radius 1 is 1.23 bits per heavy atom. The van der Waals surface area contributed by atoms with E-state index in [2.05, 4.69) is 10.1 Å². The van der Waals surface area contributed by atoms with Gasteiger partial charge in [-0.25, -0.2) is 0 Å². The monoisotopic (exact) mass is 318 g/mol. The summed E-state index contributed by atoms with van der Waals surface area (Å²) in [5, 5.41) is 4.03. The van der Waals surface area contributed by atoms with Gasteiger partial charge in [-0.15, -0.1) is 0 Å². The van der Waals surface area contributed by atoms with E-state index >= 15 is 0 Å². The van der Waals surface area contributed by atoms with Crippen LogP contribution >= 0.6 is 0 Å². The van der Waals surface area contributed by atoms with Crippen LogP contribution < -0.4 is 0 Å². The molecule has 3 rings (SSSR count). The van der Waals surface area contributed by atoms with Gasteiger partial charge >= 0.3 is 0 Å². The van der Waals surface area contributed by atoms with Crippen molar-refractivity contribution in [2.75, 3.05) is 5.75 Å². The van der Waals surface area contributed by atoms with E-state index in [-0.39, 0.29) is 0 Å². The smallest absolute Gasteiger partial charge is 0.239 e. The predicted molar refractivity (Wildman–Crippen MR) is 87.8 cm³/mol. The van der Waals surface area contributed by atoms with Gasteiger partial charge in [-0.3, -0.25) is 4.21 Å². The lowest BCUT2D eigenvalue weighted by molar-refractivity contribution is 0.383. The lowest BCUT2D eigenvalue weighted by atomic mass is 9.91. The van der Waals surface area contributed by atoms with Gasteiger partial charge in [0, 0.05) is 22.1 Å². The van der Waals surface area contributed by atoms with Crippen molar-refractivity contribution in [1.82, 2.24) is 10.1 Å². The zero-order valence-corrected chi connectivity index (χ0v) is 13.8. The van der Waals surface area contributed by atoms with Gasteiger partial charge in [-0.1, -0.05) is 48.7 Å².